The largest absolute Gasteiger partial charge is 0.463 e. The Bertz CT molecular complexity index is 537. The Morgan fingerprint density at radius 3 is 2.31 bits per heavy atom. The third-order valence-electron chi connectivity index (χ3n) is 3.17. The van der Waals surface area contributed by atoms with Crippen LogP contribution in [0, 0.1) is 0 Å². The van der Waals surface area contributed by atoms with Crippen LogP contribution in [-0.2, 0) is 25.7 Å². The van der Waals surface area contributed by atoms with Gasteiger partial charge in [-0.1, -0.05) is 37.3 Å². The van der Waals surface area contributed by atoms with Gasteiger partial charge in [0.05, 0.1) is 0 Å². The van der Waals surface area contributed by atoms with Crippen molar-refractivity contribution in [3.63, 3.8) is 0 Å². The average molecular weight is 365 g/mol. The first-order valence-electron chi connectivity index (χ1n) is 8.78. The van der Waals surface area contributed by atoms with Crippen LogP contribution >= 0.6 is 0 Å². The van der Waals surface area contributed by atoms with Gasteiger partial charge >= 0.3 is 6.09 Å². The van der Waals surface area contributed by atoms with Crippen molar-refractivity contribution >= 4 is 18.3 Å². The maximum Gasteiger partial charge on any atom is 0.407 e. The number of carbonyl (C=O) groups excluding carboxylic acids is 3. The van der Waals surface area contributed by atoms with Crippen molar-refractivity contribution in [1.29, 1.82) is 0 Å². The van der Waals surface area contributed by atoms with Crippen molar-refractivity contribution in [3.05, 3.63) is 35.9 Å². The van der Waals surface area contributed by atoms with Gasteiger partial charge in [0.1, 0.15) is 18.0 Å². The highest BCUT2D eigenvalue weighted by Crippen LogP contribution is 2.07. The SMILES string of the molecule is CCC(=O)CCC(C)NC(=O)OC(C)(C)C.O=COCc1ccccc1. The minimum atomic E-state index is -0.483. The van der Waals surface area contributed by atoms with Crippen molar-refractivity contribution in [2.24, 2.45) is 0 Å². The third-order valence-corrected chi connectivity index (χ3v) is 3.17. The Hall–Kier alpha value is -2.37. The third kappa shape index (κ3) is 14.0. The molecule has 6 nitrogen and oxygen atoms in total. The van der Waals surface area contributed by atoms with Gasteiger partial charge in [-0.15, -0.1) is 0 Å². The summed E-state index contributed by atoms with van der Waals surface area (Å²) in [7, 11) is 0. The highest BCUT2D eigenvalue weighted by Gasteiger charge is 2.17. The Morgan fingerprint density at radius 2 is 1.81 bits per heavy atom. The summed E-state index contributed by atoms with van der Waals surface area (Å²) >= 11 is 0. The molecular weight excluding hydrogens is 334 g/mol. The second-order valence-electron chi connectivity index (χ2n) is 6.87. The molecule has 1 rings (SSSR count). The molecule has 0 aliphatic heterocycles. The minimum Gasteiger partial charge on any atom is -0.463 e. The van der Waals surface area contributed by atoms with E-state index < -0.39 is 11.7 Å². The first kappa shape index (κ1) is 23.6. The molecule has 146 valence electrons. The molecule has 1 unspecified atom stereocenters. The number of hydrogen-bond acceptors (Lipinski definition) is 5. The Morgan fingerprint density at radius 1 is 1.19 bits per heavy atom. The summed E-state index contributed by atoms with van der Waals surface area (Å²) in [4.78, 5) is 32.2. The molecule has 0 bridgehead atoms. The second kappa shape index (κ2) is 12.9. The van der Waals surface area contributed by atoms with E-state index >= 15 is 0 Å². The Balaban J connectivity index is 0.000000531. The molecule has 0 spiro atoms. The number of Topliss-reactive ketones (excluding diaryl/α,β-unsaturated/α-hetero) is 1. The van der Waals surface area contributed by atoms with Crippen molar-refractivity contribution in [1.82, 2.24) is 5.32 Å². The van der Waals surface area contributed by atoms with Crippen molar-refractivity contribution in [2.75, 3.05) is 0 Å². The summed E-state index contributed by atoms with van der Waals surface area (Å²) in [5, 5.41) is 2.70. The van der Waals surface area contributed by atoms with Gasteiger partial charge in [-0.2, -0.15) is 0 Å². The molecule has 0 aliphatic carbocycles. The van der Waals surface area contributed by atoms with Crippen molar-refractivity contribution < 1.29 is 23.9 Å². The number of hydrogen-bond donors (Lipinski definition) is 1. The fraction of sp³-hybridized carbons (Fsp3) is 0.550. The fourth-order valence-corrected chi connectivity index (χ4v) is 1.84. The Labute approximate surface area is 156 Å². The molecule has 26 heavy (non-hydrogen) atoms. The smallest absolute Gasteiger partial charge is 0.407 e. The van der Waals surface area contributed by atoms with Crippen molar-refractivity contribution in [2.45, 2.75) is 72.1 Å². The number of amides is 1. The van der Waals surface area contributed by atoms with Crippen LogP contribution in [0.15, 0.2) is 30.3 Å². The summed E-state index contributed by atoms with van der Waals surface area (Å²) in [5.41, 5.74) is 0.526. The topological polar surface area (TPSA) is 81.7 Å². The van der Waals surface area contributed by atoms with Gasteiger partial charge in [-0.25, -0.2) is 4.79 Å². The van der Waals surface area contributed by atoms with Crippen molar-refractivity contribution in [3.8, 4) is 0 Å². The fourth-order valence-electron chi connectivity index (χ4n) is 1.84. The van der Waals surface area contributed by atoms with Gasteiger partial charge in [-0.3, -0.25) is 9.59 Å². The van der Waals surface area contributed by atoms with Crippen LogP contribution in [0.3, 0.4) is 0 Å². The maximum atomic E-state index is 11.4. The zero-order valence-electron chi connectivity index (χ0n) is 16.4. The molecule has 0 saturated heterocycles. The molecule has 0 fully saturated rings. The van der Waals surface area contributed by atoms with E-state index in [0.717, 1.165) is 5.56 Å². The second-order valence-corrected chi connectivity index (χ2v) is 6.87. The molecular formula is C20H31NO5. The van der Waals surface area contributed by atoms with Gasteiger partial charge in [0.15, 0.2) is 0 Å². The van der Waals surface area contributed by atoms with Crippen LogP contribution in [0.25, 0.3) is 0 Å². The van der Waals surface area contributed by atoms with Gasteiger partial charge in [0, 0.05) is 18.9 Å². The lowest BCUT2D eigenvalue weighted by Crippen LogP contribution is -2.37. The number of carbonyl (C=O) groups is 3. The molecule has 0 aromatic heterocycles. The summed E-state index contributed by atoms with van der Waals surface area (Å²) in [6.07, 6.45) is 1.29. The highest BCUT2D eigenvalue weighted by molar-refractivity contribution is 5.78. The first-order chi connectivity index (χ1) is 12.2. The van der Waals surface area contributed by atoms with Gasteiger partial charge in [-0.05, 0) is 39.7 Å². The van der Waals surface area contributed by atoms with Crippen LogP contribution in [-0.4, -0.2) is 30.0 Å². The Kier molecular flexibility index (Phi) is 11.7. The zero-order valence-corrected chi connectivity index (χ0v) is 16.4. The number of ether oxygens (including phenoxy) is 2. The van der Waals surface area contributed by atoms with E-state index in [4.69, 9.17) is 4.74 Å². The molecule has 1 aromatic carbocycles. The number of benzene rings is 1. The van der Waals surface area contributed by atoms with Crippen LogP contribution in [0.1, 0.15) is 59.4 Å². The van der Waals surface area contributed by atoms with E-state index in [-0.39, 0.29) is 11.8 Å². The number of nitrogens with one attached hydrogen (secondary N) is 1. The van der Waals surface area contributed by atoms with Gasteiger partial charge < -0.3 is 14.8 Å². The monoisotopic (exact) mass is 365 g/mol. The highest BCUT2D eigenvalue weighted by atomic mass is 16.6. The standard InChI is InChI=1S/C12H23NO3.C8H8O2/c1-6-10(14)8-7-9(2)13-11(15)16-12(3,4)5;9-7-10-6-8-4-2-1-3-5-8/h9H,6-8H2,1-5H3,(H,13,15);1-5,7H,6H2. The van der Waals surface area contributed by atoms with E-state index in [1.165, 1.54) is 0 Å². The van der Waals surface area contributed by atoms with Crippen LogP contribution in [0.5, 0.6) is 0 Å². The van der Waals surface area contributed by atoms with E-state index in [1.54, 1.807) is 0 Å². The summed E-state index contributed by atoms with van der Waals surface area (Å²) in [5.74, 6) is 0.220. The molecule has 1 aromatic rings. The van der Waals surface area contributed by atoms with E-state index in [2.05, 4.69) is 10.1 Å². The number of ketones is 1. The quantitative estimate of drug-likeness (QED) is 0.704. The lowest BCUT2D eigenvalue weighted by molar-refractivity contribution is -0.129. The first-order valence-corrected chi connectivity index (χ1v) is 8.78. The summed E-state index contributed by atoms with van der Waals surface area (Å²) < 4.78 is 9.65. The molecule has 0 heterocycles. The van der Waals surface area contributed by atoms with Crippen LogP contribution in [0.2, 0.25) is 0 Å². The average Bonchev–Trinajstić information content (AvgIpc) is 2.57. The van der Waals surface area contributed by atoms with Crippen LogP contribution in [0.4, 0.5) is 4.79 Å². The molecule has 1 atom stereocenters. The predicted octanol–water partition coefficient (Wildman–Crippen LogP) is 4.02. The summed E-state index contributed by atoms with van der Waals surface area (Å²) in [6, 6.07) is 9.51. The van der Waals surface area contributed by atoms with Gasteiger partial charge in [0.25, 0.3) is 6.47 Å². The molecule has 0 radical (unpaired) electrons. The summed E-state index contributed by atoms with van der Waals surface area (Å²) in [6.45, 7) is 9.98. The molecule has 1 N–H and O–H groups in total. The van der Waals surface area contributed by atoms with Crippen LogP contribution < -0.4 is 5.32 Å². The van der Waals surface area contributed by atoms with E-state index in [1.807, 2.05) is 65.0 Å². The van der Waals surface area contributed by atoms with E-state index in [0.29, 0.717) is 32.3 Å². The number of rotatable bonds is 8. The zero-order chi connectivity index (χ0) is 20.0. The normalized spacial score (nSPS) is 11.4. The molecule has 1 amide bonds. The molecule has 6 heteroatoms. The predicted molar refractivity (Wildman–Crippen MR) is 101 cm³/mol. The lowest BCUT2D eigenvalue weighted by atomic mass is 10.1. The van der Waals surface area contributed by atoms with Gasteiger partial charge in [0.2, 0.25) is 0 Å². The molecule has 0 saturated carbocycles. The maximum absolute atomic E-state index is 11.4. The molecule has 0 aliphatic rings. The van der Waals surface area contributed by atoms with E-state index in [9.17, 15) is 14.4 Å². The lowest BCUT2D eigenvalue weighted by Gasteiger charge is -2.21. The minimum absolute atomic E-state index is 0.0367. The number of alkyl carbamates (subject to hydrolysis) is 1.